The number of benzene rings is 2. The lowest BCUT2D eigenvalue weighted by atomic mass is 10.1. The second-order valence-electron chi connectivity index (χ2n) is 5.85. The molecule has 2 aromatic carbocycles. The van der Waals surface area contributed by atoms with Crippen molar-refractivity contribution in [1.82, 2.24) is 20.3 Å². The third-order valence-electron chi connectivity index (χ3n) is 4.06. The summed E-state index contributed by atoms with van der Waals surface area (Å²) in [6, 6.07) is 11.6. The second-order valence-corrected chi connectivity index (χ2v) is 6.76. The zero-order valence-corrected chi connectivity index (χ0v) is 15.3. The molecule has 1 unspecified atom stereocenters. The van der Waals surface area contributed by atoms with Crippen LogP contribution in [0.3, 0.4) is 0 Å². The number of H-pyrrole nitrogens is 1. The molecule has 27 heavy (non-hydrogen) atoms. The molecule has 0 amide bonds. The topological polar surface area (TPSA) is 131 Å². The number of aromatic amines is 1. The zero-order chi connectivity index (χ0) is 19.0. The molecule has 9 nitrogen and oxygen atoms in total. The van der Waals surface area contributed by atoms with Crippen molar-refractivity contribution in [2.24, 2.45) is 0 Å². The van der Waals surface area contributed by atoms with E-state index < -0.39 is 11.0 Å². The van der Waals surface area contributed by atoms with Crippen molar-refractivity contribution in [2.75, 3.05) is 0 Å². The molecule has 1 atom stereocenters. The van der Waals surface area contributed by atoms with Crippen molar-refractivity contribution >= 4 is 32.5 Å². The van der Waals surface area contributed by atoms with Gasteiger partial charge in [-0.3, -0.25) is 15.2 Å². The SMILES string of the molecule is O=[N+]([O-])c1ccc2[nH]nc(-c3nc(CC(O)c4ccc(Br)cc4)no3)c2c1. The maximum absolute atomic E-state index is 11.0. The summed E-state index contributed by atoms with van der Waals surface area (Å²) in [7, 11) is 0. The zero-order valence-electron chi connectivity index (χ0n) is 13.7. The third-order valence-corrected chi connectivity index (χ3v) is 4.59. The van der Waals surface area contributed by atoms with Crippen LogP contribution in [0.15, 0.2) is 51.5 Å². The number of nitrogens with one attached hydrogen (secondary N) is 1. The molecular weight excluding hydrogens is 418 g/mol. The summed E-state index contributed by atoms with van der Waals surface area (Å²) < 4.78 is 6.16. The Morgan fingerprint density at radius 3 is 2.78 bits per heavy atom. The molecular formula is C17H12BrN5O4. The number of hydrogen-bond acceptors (Lipinski definition) is 7. The van der Waals surface area contributed by atoms with Gasteiger partial charge in [-0.25, -0.2) is 0 Å². The van der Waals surface area contributed by atoms with E-state index >= 15 is 0 Å². The molecule has 4 aromatic rings. The van der Waals surface area contributed by atoms with Gasteiger partial charge in [0.15, 0.2) is 11.5 Å². The number of rotatable bonds is 5. The number of non-ortho nitro benzene ring substituents is 1. The lowest BCUT2D eigenvalue weighted by Gasteiger charge is -2.08. The first-order valence-corrected chi connectivity index (χ1v) is 8.69. The van der Waals surface area contributed by atoms with E-state index in [1.165, 1.54) is 12.1 Å². The Morgan fingerprint density at radius 2 is 2.04 bits per heavy atom. The minimum atomic E-state index is -0.791. The van der Waals surface area contributed by atoms with Gasteiger partial charge < -0.3 is 9.63 Å². The molecule has 0 aliphatic rings. The minimum Gasteiger partial charge on any atom is -0.388 e. The van der Waals surface area contributed by atoms with Gasteiger partial charge in [-0.15, -0.1) is 0 Å². The van der Waals surface area contributed by atoms with Crippen LogP contribution in [-0.2, 0) is 6.42 Å². The molecule has 0 bridgehead atoms. The van der Waals surface area contributed by atoms with Crippen LogP contribution in [0.4, 0.5) is 5.69 Å². The van der Waals surface area contributed by atoms with Crippen LogP contribution in [0, 0.1) is 10.1 Å². The van der Waals surface area contributed by atoms with E-state index in [1.807, 2.05) is 12.1 Å². The summed E-state index contributed by atoms with van der Waals surface area (Å²) in [5.41, 5.74) is 1.61. The molecule has 2 heterocycles. The van der Waals surface area contributed by atoms with Crippen molar-refractivity contribution in [2.45, 2.75) is 12.5 Å². The number of aliphatic hydroxyl groups excluding tert-OH is 1. The standard InChI is InChI=1S/C17H12BrN5O4/c18-10-3-1-9(2-4-10)14(24)8-15-19-17(27-22-15)16-12-7-11(23(25)26)5-6-13(12)20-21-16/h1-7,14,24H,8H2,(H,20,21). The van der Waals surface area contributed by atoms with Gasteiger partial charge >= 0.3 is 0 Å². The van der Waals surface area contributed by atoms with Crippen LogP contribution in [0.2, 0.25) is 0 Å². The van der Waals surface area contributed by atoms with E-state index in [4.69, 9.17) is 4.52 Å². The monoisotopic (exact) mass is 429 g/mol. The van der Waals surface area contributed by atoms with Crippen molar-refractivity contribution < 1.29 is 14.6 Å². The highest BCUT2D eigenvalue weighted by Crippen LogP contribution is 2.29. The van der Waals surface area contributed by atoms with Gasteiger partial charge in [-0.2, -0.15) is 10.1 Å². The summed E-state index contributed by atoms with van der Waals surface area (Å²) in [6.45, 7) is 0. The average molecular weight is 430 g/mol. The summed E-state index contributed by atoms with van der Waals surface area (Å²) >= 11 is 3.35. The molecule has 0 saturated heterocycles. The summed E-state index contributed by atoms with van der Waals surface area (Å²) in [5.74, 6) is 0.432. The fraction of sp³-hybridized carbons (Fsp3) is 0.118. The van der Waals surface area contributed by atoms with Crippen molar-refractivity contribution in [3.8, 4) is 11.6 Å². The number of nitrogens with zero attached hydrogens (tertiary/aromatic N) is 4. The number of halogens is 1. The summed E-state index contributed by atoms with van der Waals surface area (Å²) in [4.78, 5) is 14.8. The van der Waals surface area contributed by atoms with Gasteiger partial charge in [-0.1, -0.05) is 33.2 Å². The van der Waals surface area contributed by atoms with E-state index in [2.05, 4.69) is 36.3 Å². The average Bonchev–Trinajstić information content (AvgIpc) is 3.28. The van der Waals surface area contributed by atoms with Gasteiger partial charge in [0.05, 0.1) is 16.5 Å². The quantitative estimate of drug-likeness (QED) is 0.366. The Labute approximate surface area is 160 Å². The highest BCUT2D eigenvalue weighted by atomic mass is 79.9. The molecule has 0 spiro atoms. The van der Waals surface area contributed by atoms with Gasteiger partial charge in [0.25, 0.3) is 11.6 Å². The minimum absolute atomic E-state index is 0.0597. The Hall–Kier alpha value is -3.11. The van der Waals surface area contributed by atoms with Crippen LogP contribution in [-0.4, -0.2) is 30.4 Å². The highest BCUT2D eigenvalue weighted by Gasteiger charge is 2.19. The number of nitro groups is 1. The second kappa shape index (κ2) is 6.89. The third kappa shape index (κ3) is 3.44. The number of aromatic nitrogens is 4. The molecule has 0 saturated carbocycles. The predicted molar refractivity (Wildman–Crippen MR) is 98.8 cm³/mol. The molecule has 2 N–H and O–H groups in total. The van der Waals surface area contributed by atoms with Gasteiger partial charge in [-0.05, 0) is 23.8 Å². The molecule has 4 rings (SSSR count). The van der Waals surface area contributed by atoms with Crippen LogP contribution in [0.25, 0.3) is 22.5 Å². The fourth-order valence-corrected chi connectivity index (χ4v) is 2.95. The normalized spacial score (nSPS) is 12.4. The van der Waals surface area contributed by atoms with E-state index in [0.29, 0.717) is 22.4 Å². The maximum atomic E-state index is 11.0. The summed E-state index contributed by atoms with van der Waals surface area (Å²) in [6.07, 6.45) is -0.631. The first kappa shape index (κ1) is 17.3. The highest BCUT2D eigenvalue weighted by molar-refractivity contribution is 9.10. The first-order chi connectivity index (χ1) is 13.0. The number of nitro benzene ring substituents is 1. The number of fused-ring (bicyclic) bond motifs is 1. The molecule has 0 aliphatic heterocycles. The predicted octanol–water partition coefficient (Wildman–Crippen LogP) is 3.56. The fourth-order valence-electron chi connectivity index (χ4n) is 2.69. The lowest BCUT2D eigenvalue weighted by molar-refractivity contribution is -0.384. The molecule has 0 radical (unpaired) electrons. The van der Waals surface area contributed by atoms with Crippen LogP contribution in [0.1, 0.15) is 17.5 Å². The largest absolute Gasteiger partial charge is 0.388 e. The van der Waals surface area contributed by atoms with Crippen molar-refractivity contribution in [3.63, 3.8) is 0 Å². The number of hydrogen-bond donors (Lipinski definition) is 2. The molecule has 2 aromatic heterocycles. The van der Waals surface area contributed by atoms with Gasteiger partial charge in [0, 0.05) is 28.4 Å². The maximum Gasteiger partial charge on any atom is 0.279 e. The molecule has 0 aliphatic carbocycles. The van der Waals surface area contributed by atoms with E-state index in [1.54, 1.807) is 18.2 Å². The molecule has 136 valence electrons. The Kier molecular flexibility index (Phi) is 4.42. The van der Waals surface area contributed by atoms with E-state index in [0.717, 1.165) is 10.0 Å². The first-order valence-electron chi connectivity index (χ1n) is 7.90. The lowest BCUT2D eigenvalue weighted by Crippen LogP contribution is -2.03. The van der Waals surface area contributed by atoms with Gasteiger partial charge in [0.1, 0.15) is 0 Å². The Morgan fingerprint density at radius 1 is 1.26 bits per heavy atom. The Bertz CT molecular complexity index is 1120. The van der Waals surface area contributed by atoms with Gasteiger partial charge in [0.2, 0.25) is 0 Å². The van der Waals surface area contributed by atoms with Crippen LogP contribution >= 0.6 is 15.9 Å². The van der Waals surface area contributed by atoms with Crippen molar-refractivity contribution in [3.05, 3.63) is 68.4 Å². The summed E-state index contributed by atoms with van der Waals surface area (Å²) in [5, 5.41) is 32.6. The van der Waals surface area contributed by atoms with Crippen LogP contribution in [0.5, 0.6) is 0 Å². The molecule has 10 heteroatoms. The van der Waals surface area contributed by atoms with E-state index in [9.17, 15) is 15.2 Å². The number of aliphatic hydroxyl groups is 1. The smallest absolute Gasteiger partial charge is 0.279 e. The molecule has 0 fully saturated rings. The Balaban J connectivity index is 1.61. The van der Waals surface area contributed by atoms with Crippen molar-refractivity contribution in [1.29, 1.82) is 0 Å². The van der Waals surface area contributed by atoms with E-state index in [-0.39, 0.29) is 18.0 Å². The van der Waals surface area contributed by atoms with Crippen LogP contribution < -0.4 is 0 Å².